The van der Waals surface area contributed by atoms with Crippen molar-refractivity contribution in [3.8, 4) is 0 Å². The number of hydrogen-bond acceptors (Lipinski definition) is 2. The van der Waals surface area contributed by atoms with Gasteiger partial charge in [0.1, 0.15) is 5.82 Å². The molecule has 0 unspecified atom stereocenters. The number of hydrogen-bond donors (Lipinski definition) is 1. The van der Waals surface area contributed by atoms with Gasteiger partial charge in [0.25, 0.3) is 0 Å². The van der Waals surface area contributed by atoms with E-state index in [0.29, 0.717) is 12.1 Å². The summed E-state index contributed by atoms with van der Waals surface area (Å²) in [5, 5.41) is 3.27. The molecule has 0 fully saturated rings. The zero-order chi connectivity index (χ0) is 13.4. The Balaban J connectivity index is 1.89. The van der Waals surface area contributed by atoms with Gasteiger partial charge in [-0.3, -0.25) is 0 Å². The molecule has 19 heavy (non-hydrogen) atoms. The standard InChI is InChI=1S/C14H15FN4/c1-18-7-3-4-11(18)9-16-14-17-12-8-10(15)5-6-13(12)19(14)2/h3-8H,9H2,1-2H3,(H,16,17). The minimum atomic E-state index is -0.264. The predicted octanol–water partition coefficient (Wildman–Crippen LogP) is 2.66. The minimum absolute atomic E-state index is 0.264. The zero-order valence-corrected chi connectivity index (χ0v) is 10.9. The van der Waals surface area contributed by atoms with Crippen LogP contribution in [0.1, 0.15) is 5.69 Å². The van der Waals surface area contributed by atoms with Gasteiger partial charge in [0, 0.05) is 32.1 Å². The SMILES string of the molecule is Cn1cccc1CNc1nc2cc(F)ccc2n1C. The van der Waals surface area contributed by atoms with Crippen LogP contribution >= 0.6 is 0 Å². The Morgan fingerprint density at radius 1 is 1.26 bits per heavy atom. The van der Waals surface area contributed by atoms with E-state index in [0.717, 1.165) is 11.5 Å². The normalized spacial score (nSPS) is 11.1. The van der Waals surface area contributed by atoms with E-state index in [1.165, 1.54) is 17.8 Å². The van der Waals surface area contributed by atoms with Gasteiger partial charge < -0.3 is 14.5 Å². The first-order valence-electron chi connectivity index (χ1n) is 6.11. The molecule has 4 nitrogen and oxygen atoms in total. The summed E-state index contributed by atoms with van der Waals surface area (Å²) in [4.78, 5) is 4.40. The number of halogens is 1. The Morgan fingerprint density at radius 2 is 2.11 bits per heavy atom. The van der Waals surface area contributed by atoms with Crippen LogP contribution in [0.3, 0.4) is 0 Å². The van der Waals surface area contributed by atoms with E-state index >= 15 is 0 Å². The Kier molecular flexibility index (Phi) is 2.74. The van der Waals surface area contributed by atoms with Gasteiger partial charge in [-0.15, -0.1) is 0 Å². The summed E-state index contributed by atoms with van der Waals surface area (Å²) in [7, 11) is 3.92. The molecule has 0 spiro atoms. The van der Waals surface area contributed by atoms with E-state index in [2.05, 4.69) is 20.9 Å². The summed E-state index contributed by atoms with van der Waals surface area (Å²) >= 11 is 0. The van der Waals surface area contributed by atoms with Gasteiger partial charge in [-0.2, -0.15) is 0 Å². The Bertz CT molecular complexity index is 726. The molecule has 0 aliphatic carbocycles. The fourth-order valence-corrected chi connectivity index (χ4v) is 2.18. The number of nitrogens with zero attached hydrogens (tertiary/aromatic N) is 3. The maximum absolute atomic E-state index is 13.2. The van der Waals surface area contributed by atoms with Gasteiger partial charge in [-0.25, -0.2) is 9.37 Å². The summed E-state index contributed by atoms with van der Waals surface area (Å²) in [5.41, 5.74) is 2.74. The van der Waals surface area contributed by atoms with Crippen molar-refractivity contribution >= 4 is 17.0 Å². The van der Waals surface area contributed by atoms with Crippen LogP contribution in [-0.4, -0.2) is 14.1 Å². The third kappa shape index (κ3) is 2.07. The Hall–Kier alpha value is -2.30. The number of imidazole rings is 1. The molecule has 0 atom stereocenters. The van der Waals surface area contributed by atoms with Gasteiger partial charge in [0.2, 0.25) is 5.95 Å². The smallest absolute Gasteiger partial charge is 0.203 e. The van der Waals surface area contributed by atoms with Crippen molar-refractivity contribution < 1.29 is 4.39 Å². The van der Waals surface area contributed by atoms with Gasteiger partial charge in [0.15, 0.2) is 0 Å². The molecule has 98 valence electrons. The first-order chi connectivity index (χ1) is 9.15. The van der Waals surface area contributed by atoms with Crippen molar-refractivity contribution in [2.24, 2.45) is 14.1 Å². The quantitative estimate of drug-likeness (QED) is 0.783. The highest BCUT2D eigenvalue weighted by Gasteiger charge is 2.08. The molecular formula is C14H15FN4. The zero-order valence-electron chi connectivity index (χ0n) is 10.9. The van der Waals surface area contributed by atoms with Crippen LogP contribution in [0.15, 0.2) is 36.5 Å². The first-order valence-corrected chi connectivity index (χ1v) is 6.11. The van der Waals surface area contributed by atoms with Gasteiger partial charge >= 0.3 is 0 Å². The number of benzene rings is 1. The number of anilines is 1. The lowest BCUT2D eigenvalue weighted by molar-refractivity contribution is 0.629. The molecular weight excluding hydrogens is 243 g/mol. The second-order valence-corrected chi connectivity index (χ2v) is 4.59. The highest BCUT2D eigenvalue weighted by Crippen LogP contribution is 2.19. The molecule has 0 saturated heterocycles. The van der Waals surface area contributed by atoms with Gasteiger partial charge in [-0.1, -0.05) is 0 Å². The third-order valence-corrected chi connectivity index (χ3v) is 3.32. The molecule has 0 radical (unpaired) electrons. The van der Waals surface area contributed by atoms with Crippen LogP contribution in [0.5, 0.6) is 0 Å². The second kappa shape index (κ2) is 4.42. The predicted molar refractivity (Wildman–Crippen MR) is 73.4 cm³/mol. The fourth-order valence-electron chi connectivity index (χ4n) is 2.18. The van der Waals surface area contributed by atoms with Crippen molar-refractivity contribution in [3.63, 3.8) is 0 Å². The van der Waals surface area contributed by atoms with Crippen molar-refractivity contribution in [1.29, 1.82) is 0 Å². The molecule has 3 rings (SSSR count). The number of aromatic nitrogens is 3. The van der Waals surface area contributed by atoms with Crippen LogP contribution in [0, 0.1) is 5.82 Å². The molecule has 0 aliphatic heterocycles. The molecule has 0 bridgehead atoms. The van der Waals surface area contributed by atoms with Crippen molar-refractivity contribution in [2.75, 3.05) is 5.32 Å². The van der Waals surface area contributed by atoms with Crippen molar-refractivity contribution in [3.05, 3.63) is 48.0 Å². The van der Waals surface area contributed by atoms with E-state index < -0.39 is 0 Å². The maximum atomic E-state index is 13.2. The fraction of sp³-hybridized carbons (Fsp3) is 0.214. The molecule has 0 amide bonds. The average Bonchev–Trinajstić information content (AvgIpc) is 2.91. The number of nitrogens with one attached hydrogen (secondary N) is 1. The summed E-state index contributed by atoms with van der Waals surface area (Å²) < 4.78 is 17.1. The van der Waals surface area contributed by atoms with Crippen molar-refractivity contribution in [2.45, 2.75) is 6.54 Å². The average molecular weight is 258 g/mol. The lowest BCUT2D eigenvalue weighted by Gasteiger charge is -2.07. The van der Waals surface area contributed by atoms with E-state index in [9.17, 15) is 4.39 Å². The molecule has 2 aromatic heterocycles. The van der Waals surface area contributed by atoms with Crippen LogP contribution in [0.25, 0.3) is 11.0 Å². The minimum Gasteiger partial charge on any atom is -0.353 e. The van der Waals surface area contributed by atoms with E-state index in [1.54, 1.807) is 6.07 Å². The van der Waals surface area contributed by atoms with Gasteiger partial charge in [0.05, 0.1) is 17.6 Å². The summed E-state index contributed by atoms with van der Waals surface area (Å²) in [5.74, 6) is 0.474. The van der Waals surface area contributed by atoms with Gasteiger partial charge in [-0.05, 0) is 24.3 Å². The lowest BCUT2D eigenvalue weighted by Crippen LogP contribution is -2.07. The van der Waals surface area contributed by atoms with Crippen molar-refractivity contribution in [1.82, 2.24) is 14.1 Å². The second-order valence-electron chi connectivity index (χ2n) is 4.59. The van der Waals surface area contributed by atoms with E-state index in [-0.39, 0.29) is 5.82 Å². The molecule has 1 N–H and O–H groups in total. The summed E-state index contributed by atoms with van der Waals surface area (Å²) in [6.45, 7) is 0.684. The lowest BCUT2D eigenvalue weighted by atomic mass is 10.3. The number of aryl methyl sites for hydroxylation is 2. The molecule has 2 heterocycles. The largest absolute Gasteiger partial charge is 0.353 e. The molecule has 0 saturated carbocycles. The highest BCUT2D eigenvalue weighted by atomic mass is 19.1. The number of fused-ring (bicyclic) bond motifs is 1. The van der Waals surface area contributed by atoms with E-state index in [4.69, 9.17) is 0 Å². The highest BCUT2D eigenvalue weighted by molar-refractivity contribution is 5.78. The molecule has 3 aromatic rings. The van der Waals surface area contributed by atoms with Crippen LogP contribution in [-0.2, 0) is 20.6 Å². The molecule has 1 aromatic carbocycles. The summed E-state index contributed by atoms with van der Waals surface area (Å²) in [6, 6.07) is 8.69. The number of rotatable bonds is 3. The Labute approximate surface area is 110 Å². The van der Waals surface area contributed by atoms with Crippen LogP contribution < -0.4 is 5.32 Å². The maximum Gasteiger partial charge on any atom is 0.203 e. The van der Waals surface area contributed by atoms with Crippen LogP contribution in [0.4, 0.5) is 10.3 Å². The molecule has 5 heteroatoms. The first kappa shape index (κ1) is 11.8. The summed E-state index contributed by atoms with van der Waals surface area (Å²) in [6.07, 6.45) is 2.00. The monoisotopic (exact) mass is 258 g/mol. The van der Waals surface area contributed by atoms with Crippen LogP contribution in [0.2, 0.25) is 0 Å². The molecule has 0 aliphatic rings. The third-order valence-electron chi connectivity index (χ3n) is 3.32. The topological polar surface area (TPSA) is 34.8 Å². The Morgan fingerprint density at radius 3 is 2.84 bits per heavy atom. The van der Waals surface area contributed by atoms with E-state index in [1.807, 2.05) is 30.9 Å².